The van der Waals surface area contributed by atoms with Gasteiger partial charge in [-0.15, -0.1) is 11.8 Å². The van der Waals surface area contributed by atoms with E-state index >= 15 is 0 Å². The maximum absolute atomic E-state index is 12.6. The molecule has 6 heteroatoms. The Morgan fingerprint density at radius 1 is 0.935 bits per heavy atom. The first-order valence-electron chi connectivity index (χ1n) is 10.2. The van der Waals surface area contributed by atoms with Crippen LogP contribution < -0.4 is 10.6 Å². The third-order valence-electron chi connectivity index (χ3n) is 4.98. The quantitative estimate of drug-likeness (QED) is 0.463. The van der Waals surface area contributed by atoms with Crippen molar-refractivity contribution in [1.82, 2.24) is 5.32 Å². The number of carbonyl (C=O) groups excluding carboxylic acids is 2. The molecule has 158 valence electrons. The first kappa shape index (κ1) is 21.5. The summed E-state index contributed by atoms with van der Waals surface area (Å²) in [6.07, 6.45) is 2.07. The predicted octanol–water partition coefficient (Wildman–Crippen LogP) is 5.69. The first-order valence-corrected chi connectivity index (χ1v) is 11.6. The molecule has 0 bridgehead atoms. The minimum absolute atomic E-state index is 0.0138. The lowest BCUT2D eigenvalue weighted by Crippen LogP contribution is -2.25. The molecule has 0 aliphatic heterocycles. The Morgan fingerprint density at radius 3 is 2.35 bits per heavy atom. The van der Waals surface area contributed by atoms with E-state index in [9.17, 15) is 9.59 Å². The lowest BCUT2D eigenvalue weighted by molar-refractivity contribution is -0.113. The minimum atomic E-state index is -0.111. The summed E-state index contributed by atoms with van der Waals surface area (Å²) in [5.74, 6) is 0.0697. The molecule has 1 aliphatic rings. The van der Waals surface area contributed by atoms with Gasteiger partial charge in [0.25, 0.3) is 5.91 Å². The van der Waals surface area contributed by atoms with Crippen molar-refractivity contribution < 1.29 is 9.59 Å². The molecule has 4 rings (SSSR count). The van der Waals surface area contributed by atoms with E-state index in [1.165, 1.54) is 0 Å². The number of nitrogens with one attached hydrogen (secondary N) is 2. The largest absolute Gasteiger partial charge is 0.349 e. The minimum Gasteiger partial charge on any atom is -0.349 e. The van der Waals surface area contributed by atoms with Gasteiger partial charge in [-0.3, -0.25) is 9.59 Å². The van der Waals surface area contributed by atoms with Crippen LogP contribution >= 0.6 is 23.4 Å². The van der Waals surface area contributed by atoms with Gasteiger partial charge in [0.1, 0.15) is 0 Å². The summed E-state index contributed by atoms with van der Waals surface area (Å²) in [6, 6.07) is 25.2. The number of anilines is 1. The molecule has 2 N–H and O–H groups in total. The molecule has 31 heavy (non-hydrogen) atoms. The Morgan fingerprint density at radius 2 is 1.65 bits per heavy atom. The van der Waals surface area contributed by atoms with Gasteiger partial charge in [-0.25, -0.2) is 0 Å². The predicted molar refractivity (Wildman–Crippen MR) is 128 cm³/mol. The second kappa shape index (κ2) is 10.0. The zero-order valence-electron chi connectivity index (χ0n) is 16.9. The van der Waals surface area contributed by atoms with E-state index < -0.39 is 0 Å². The fourth-order valence-corrected chi connectivity index (χ4v) is 4.46. The van der Waals surface area contributed by atoms with Gasteiger partial charge in [-0.05, 0) is 54.3 Å². The number of amides is 2. The van der Waals surface area contributed by atoms with Crippen LogP contribution in [0.4, 0.5) is 5.69 Å². The Bertz CT molecular complexity index is 1050. The summed E-state index contributed by atoms with van der Waals surface area (Å²) in [5, 5.41) is 6.58. The Kier molecular flexibility index (Phi) is 6.95. The summed E-state index contributed by atoms with van der Waals surface area (Å²) in [6.45, 7) is 0. The van der Waals surface area contributed by atoms with E-state index in [2.05, 4.69) is 22.8 Å². The summed E-state index contributed by atoms with van der Waals surface area (Å²) in [5.41, 5.74) is 3.39. The van der Waals surface area contributed by atoms with Gasteiger partial charge < -0.3 is 10.6 Å². The molecule has 0 saturated heterocycles. The van der Waals surface area contributed by atoms with Crippen LogP contribution in [0.25, 0.3) is 0 Å². The molecular weight excluding hydrogens is 428 g/mol. The molecule has 0 spiro atoms. The van der Waals surface area contributed by atoms with Crippen molar-refractivity contribution >= 4 is 40.9 Å². The highest BCUT2D eigenvalue weighted by Crippen LogP contribution is 2.36. The Hall–Kier alpha value is -2.76. The van der Waals surface area contributed by atoms with E-state index in [0.717, 1.165) is 24.0 Å². The van der Waals surface area contributed by atoms with Crippen molar-refractivity contribution in [3.63, 3.8) is 0 Å². The van der Waals surface area contributed by atoms with Crippen LogP contribution in [0.15, 0.2) is 78.9 Å². The third-order valence-corrected chi connectivity index (χ3v) is 6.54. The van der Waals surface area contributed by atoms with Gasteiger partial charge in [0.15, 0.2) is 0 Å². The Labute approximate surface area is 191 Å². The van der Waals surface area contributed by atoms with Crippen LogP contribution in [-0.2, 0) is 4.79 Å². The maximum Gasteiger partial charge on any atom is 0.251 e. The standard InChI is InChI=1S/C25H23ClN2O2S/c26-20-11-9-18(10-12-20)24(17-5-2-1-3-6-17)31-16-23(29)27-22-8-4-7-19(15-22)25(30)28-21-13-14-21/h1-12,15,21,24H,13-14,16H2,(H,27,29)(H,28,30). The van der Waals surface area contributed by atoms with Crippen molar-refractivity contribution in [3.05, 3.63) is 101 Å². The van der Waals surface area contributed by atoms with E-state index in [-0.39, 0.29) is 22.8 Å². The third kappa shape index (κ3) is 6.12. The highest BCUT2D eigenvalue weighted by atomic mass is 35.5. The van der Waals surface area contributed by atoms with Crippen LogP contribution in [0.3, 0.4) is 0 Å². The molecule has 3 aromatic rings. The average Bonchev–Trinajstić information content (AvgIpc) is 3.60. The molecule has 1 aliphatic carbocycles. The fourth-order valence-electron chi connectivity index (χ4n) is 3.24. The van der Waals surface area contributed by atoms with Crippen LogP contribution in [0.1, 0.15) is 39.6 Å². The van der Waals surface area contributed by atoms with Gasteiger partial charge in [0.05, 0.1) is 11.0 Å². The molecular formula is C25H23ClN2O2S. The first-order chi connectivity index (χ1) is 15.1. The lowest BCUT2D eigenvalue weighted by Gasteiger charge is -2.18. The van der Waals surface area contributed by atoms with Crippen LogP contribution in [0.2, 0.25) is 5.02 Å². The zero-order valence-corrected chi connectivity index (χ0v) is 18.5. The number of hydrogen-bond acceptors (Lipinski definition) is 3. The van der Waals surface area contributed by atoms with Crippen molar-refractivity contribution in [2.45, 2.75) is 24.1 Å². The topological polar surface area (TPSA) is 58.2 Å². The summed E-state index contributed by atoms with van der Waals surface area (Å²) < 4.78 is 0. The highest BCUT2D eigenvalue weighted by Gasteiger charge is 2.24. The van der Waals surface area contributed by atoms with Crippen molar-refractivity contribution in [3.8, 4) is 0 Å². The van der Waals surface area contributed by atoms with Gasteiger partial charge in [-0.2, -0.15) is 0 Å². The van der Waals surface area contributed by atoms with Gasteiger partial charge >= 0.3 is 0 Å². The number of thioether (sulfide) groups is 1. The van der Waals surface area contributed by atoms with E-state index in [0.29, 0.717) is 22.3 Å². The van der Waals surface area contributed by atoms with Crippen LogP contribution in [0, 0.1) is 0 Å². The molecule has 1 saturated carbocycles. The van der Waals surface area contributed by atoms with E-state index in [4.69, 9.17) is 11.6 Å². The molecule has 0 heterocycles. The molecule has 4 nitrogen and oxygen atoms in total. The zero-order chi connectivity index (χ0) is 21.6. The summed E-state index contributed by atoms with van der Waals surface area (Å²) >= 11 is 7.60. The smallest absolute Gasteiger partial charge is 0.251 e. The lowest BCUT2D eigenvalue weighted by atomic mass is 10.0. The Balaban J connectivity index is 1.41. The summed E-state index contributed by atoms with van der Waals surface area (Å²) in [4.78, 5) is 24.9. The molecule has 0 radical (unpaired) electrons. The van der Waals surface area contributed by atoms with E-state index in [1.54, 1.807) is 36.0 Å². The second-order valence-corrected chi connectivity index (χ2v) is 9.06. The van der Waals surface area contributed by atoms with Gasteiger partial charge in [0, 0.05) is 22.3 Å². The maximum atomic E-state index is 12.6. The number of benzene rings is 3. The van der Waals surface area contributed by atoms with Crippen molar-refractivity contribution in [2.24, 2.45) is 0 Å². The molecule has 2 amide bonds. The number of halogens is 1. The number of rotatable bonds is 8. The molecule has 1 fully saturated rings. The molecule has 1 unspecified atom stereocenters. The van der Waals surface area contributed by atoms with Gasteiger partial charge in [-0.1, -0.05) is 60.1 Å². The van der Waals surface area contributed by atoms with Crippen LogP contribution in [0.5, 0.6) is 0 Å². The molecule has 3 aromatic carbocycles. The van der Waals surface area contributed by atoms with Crippen LogP contribution in [-0.4, -0.2) is 23.6 Å². The molecule has 0 aromatic heterocycles. The van der Waals surface area contributed by atoms with Crippen molar-refractivity contribution in [1.29, 1.82) is 0 Å². The van der Waals surface area contributed by atoms with E-state index in [1.807, 2.05) is 42.5 Å². The SMILES string of the molecule is O=C(CSC(c1ccccc1)c1ccc(Cl)cc1)Nc1cccc(C(=O)NC2CC2)c1. The monoisotopic (exact) mass is 450 g/mol. The fraction of sp³-hybridized carbons (Fsp3) is 0.200. The second-order valence-electron chi connectivity index (χ2n) is 7.53. The number of carbonyl (C=O) groups is 2. The summed E-state index contributed by atoms with van der Waals surface area (Å²) in [7, 11) is 0. The number of hydrogen-bond donors (Lipinski definition) is 2. The molecule has 1 atom stereocenters. The highest BCUT2D eigenvalue weighted by molar-refractivity contribution is 8.00. The van der Waals surface area contributed by atoms with Gasteiger partial charge in [0.2, 0.25) is 5.91 Å². The average molecular weight is 451 g/mol. The van der Waals surface area contributed by atoms with Crippen molar-refractivity contribution in [2.75, 3.05) is 11.1 Å². The normalized spacial score (nSPS) is 14.0.